The lowest BCUT2D eigenvalue weighted by molar-refractivity contribution is -0.00937. The van der Waals surface area contributed by atoms with Gasteiger partial charge in [-0.3, -0.25) is 4.94 Å². The van der Waals surface area contributed by atoms with Gasteiger partial charge in [0.1, 0.15) is 0 Å². The van der Waals surface area contributed by atoms with Crippen molar-refractivity contribution in [3.8, 4) is 11.5 Å². The summed E-state index contributed by atoms with van der Waals surface area (Å²) in [4.78, 5) is 2.93. The molecular formula is C14HF9O2. The Morgan fingerprint density at radius 2 is 0.920 bits per heavy atom. The lowest BCUT2D eigenvalue weighted by atomic mass is 9.97. The lowest BCUT2D eigenvalue weighted by Crippen LogP contribution is -2.04. The zero-order valence-electron chi connectivity index (χ0n) is 11.3. The second kappa shape index (κ2) is 5.33. The van der Waals surface area contributed by atoms with Crippen LogP contribution in [-0.2, 0) is 0 Å². The third kappa shape index (κ3) is 1.94. The fourth-order valence-electron chi connectivity index (χ4n) is 2.47. The molecule has 2 nitrogen and oxygen atoms in total. The molecule has 0 aromatic heterocycles. The molecule has 25 heavy (non-hydrogen) atoms. The van der Waals surface area contributed by atoms with Crippen molar-refractivity contribution in [3.63, 3.8) is 0 Å². The van der Waals surface area contributed by atoms with Gasteiger partial charge in [-0.1, -0.05) is 0 Å². The zero-order valence-corrected chi connectivity index (χ0v) is 11.3. The van der Waals surface area contributed by atoms with Gasteiger partial charge in [0.25, 0.3) is 0 Å². The van der Waals surface area contributed by atoms with Gasteiger partial charge in [-0.15, -0.1) is 0 Å². The van der Waals surface area contributed by atoms with Gasteiger partial charge < -0.3 is 5.11 Å². The maximum atomic E-state index is 14.0. The maximum absolute atomic E-state index is 14.0. The average Bonchev–Trinajstić information content (AvgIpc) is 2.59. The Kier molecular flexibility index (Phi) is 3.62. The molecule has 3 rings (SSSR count). The predicted molar refractivity (Wildman–Crippen MR) is 64.5 cm³/mol. The van der Waals surface area contributed by atoms with Crippen LogP contribution in [0.1, 0.15) is 0 Å². The first kappa shape index (κ1) is 17.0. The highest BCUT2D eigenvalue weighted by molar-refractivity contribution is 6.13. The van der Waals surface area contributed by atoms with E-state index in [-0.39, 0.29) is 0 Å². The SMILES string of the molecule is Oc1c(F)c(F)c(F)c2c1c(F)c(F)c1c(F)c(F)c(F)c(OF)c12. The molecule has 0 saturated heterocycles. The van der Waals surface area contributed by atoms with Crippen molar-refractivity contribution < 1.29 is 49.7 Å². The number of phenolic OH excluding ortho intramolecular Hbond substituents is 1. The molecule has 0 radical (unpaired) electrons. The Labute approximate surface area is 130 Å². The number of halogens is 9. The Morgan fingerprint density at radius 1 is 0.480 bits per heavy atom. The van der Waals surface area contributed by atoms with E-state index in [1.54, 1.807) is 0 Å². The normalized spacial score (nSPS) is 11.6. The van der Waals surface area contributed by atoms with Crippen LogP contribution >= 0.6 is 0 Å². The van der Waals surface area contributed by atoms with Crippen molar-refractivity contribution in [2.24, 2.45) is 0 Å². The first-order valence-electron chi connectivity index (χ1n) is 6.09. The summed E-state index contributed by atoms with van der Waals surface area (Å²) < 4.78 is 122. The van der Waals surface area contributed by atoms with Crippen LogP contribution in [0.25, 0.3) is 21.5 Å². The van der Waals surface area contributed by atoms with Crippen molar-refractivity contribution in [1.82, 2.24) is 0 Å². The summed E-state index contributed by atoms with van der Waals surface area (Å²) in [5, 5.41) is 2.60. The van der Waals surface area contributed by atoms with Gasteiger partial charge in [0.05, 0.1) is 10.8 Å². The summed E-state index contributed by atoms with van der Waals surface area (Å²) in [6.45, 7) is 0. The number of phenols is 1. The van der Waals surface area contributed by atoms with Crippen LogP contribution in [0.15, 0.2) is 0 Å². The first-order chi connectivity index (χ1) is 11.6. The van der Waals surface area contributed by atoms with E-state index in [0.717, 1.165) is 0 Å². The Hall–Kier alpha value is -2.85. The fourth-order valence-corrected chi connectivity index (χ4v) is 2.47. The van der Waals surface area contributed by atoms with Gasteiger partial charge in [0.2, 0.25) is 17.4 Å². The van der Waals surface area contributed by atoms with E-state index in [2.05, 4.69) is 4.94 Å². The van der Waals surface area contributed by atoms with Gasteiger partial charge in [-0.05, 0) is 0 Å². The molecule has 11 heteroatoms. The van der Waals surface area contributed by atoms with E-state index in [1.807, 2.05) is 0 Å². The monoisotopic (exact) mass is 372 g/mol. The minimum Gasteiger partial charge on any atom is -0.504 e. The lowest BCUT2D eigenvalue weighted by Gasteiger charge is -2.14. The van der Waals surface area contributed by atoms with Crippen molar-refractivity contribution in [3.05, 3.63) is 46.5 Å². The quantitative estimate of drug-likeness (QED) is 0.367. The van der Waals surface area contributed by atoms with Crippen LogP contribution in [0, 0.1) is 46.5 Å². The molecule has 0 spiro atoms. The second-order valence-electron chi connectivity index (χ2n) is 4.77. The summed E-state index contributed by atoms with van der Waals surface area (Å²) in [6.07, 6.45) is 0. The first-order valence-corrected chi connectivity index (χ1v) is 6.09. The third-order valence-corrected chi connectivity index (χ3v) is 3.54. The Morgan fingerprint density at radius 3 is 1.48 bits per heavy atom. The van der Waals surface area contributed by atoms with Crippen LogP contribution in [0.5, 0.6) is 11.5 Å². The zero-order chi connectivity index (χ0) is 18.8. The molecule has 132 valence electrons. The number of benzene rings is 3. The molecule has 0 heterocycles. The molecule has 0 unspecified atom stereocenters. The van der Waals surface area contributed by atoms with E-state index in [4.69, 9.17) is 0 Å². The van der Waals surface area contributed by atoms with E-state index in [0.29, 0.717) is 0 Å². The minimum atomic E-state index is -2.50. The summed E-state index contributed by atoms with van der Waals surface area (Å²) >= 11 is 0. The van der Waals surface area contributed by atoms with Crippen LogP contribution < -0.4 is 4.94 Å². The summed E-state index contributed by atoms with van der Waals surface area (Å²) in [5.74, 6) is -23.0. The van der Waals surface area contributed by atoms with Crippen molar-refractivity contribution in [2.75, 3.05) is 0 Å². The van der Waals surface area contributed by atoms with Crippen LogP contribution in [0.3, 0.4) is 0 Å². The van der Waals surface area contributed by atoms with E-state index in [9.17, 15) is 44.8 Å². The van der Waals surface area contributed by atoms with E-state index >= 15 is 0 Å². The Bertz CT molecular complexity index is 1080. The van der Waals surface area contributed by atoms with Crippen molar-refractivity contribution >= 4 is 21.5 Å². The highest BCUT2D eigenvalue weighted by Gasteiger charge is 2.33. The van der Waals surface area contributed by atoms with E-state index < -0.39 is 79.6 Å². The largest absolute Gasteiger partial charge is 0.504 e. The average molecular weight is 372 g/mol. The summed E-state index contributed by atoms with van der Waals surface area (Å²) in [7, 11) is 0. The standard InChI is InChI=1S/C14HF9O2/c15-5-1-2-3(7(17)10(20)12(22)14(2)25-23)6(16)8(18)4(1)13(24)11(21)9(5)19/h24H. The number of rotatable bonds is 1. The summed E-state index contributed by atoms with van der Waals surface area (Å²) in [6, 6.07) is 0. The molecule has 0 aliphatic carbocycles. The molecule has 0 bridgehead atoms. The third-order valence-electron chi connectivity index (χ3n) is 3.54. The minimum absolute atomic E-state index is 1.63. The second-order valence-corrected chi connectivity index (χ2v) is 4.77. The Balaban J connectivity index is 2.87. The highest BCUT2D eigenvalue weighted by atomic mass is 19.3. The number of fused-ring (bicyclic) bond motifs is 3. The van der Waals surface area contributed by atoms with Crippen molar-refractivity contribution in [2.45, 2.75) is 0 Å². The molecule has 0 amide bonds. The van der Waals surface area contributed by atoms with Gasteiger partial charge in [-0.25, -0.2) is 26.3 Å². The smallest absolute Gasteiger partial charge is 0.219 e. The topological polar surface area (TPSA) is 29.5 Å². The molecule has 0 aliphatic heterocycles. The summed E-state index contributed by atoms with van der Waals surface area (Å²) in [5.41, 5.74) is 0. The van der Waals surface area contributed by atoms with Crippen molar-refractivity contribution in [1.29, 1.82) is 0 Å². The van der Waals surface area contributed by atoms with Gasteiger partial charge in [0.15, 0.2) is 40.7 Å². The number of hydrogen-bond acceptors (Lipinski definition) is 2. The fraction of sp³-hybridized carbons (Fsp3) is 0. The van der Waals surface area contributed by atoms with Crippen LogP contribution in [0.4, 0.5) is 39.6 Å². The van der Waals surface area contributed by atoms with Gasteiger partial charge in [-0.2, -0.15) is 8.78 Å². The number of hydrogen-bond donors (Lipinski definition) is 1. The molecule has 3 aromatic carbocycles. The molecule has 0 saturated carbocycles. The van der Waals surface area contributed by atoms with Gasteiger partial charge in [0, 0.05) is 15.3 Å². The number of aromatic hydroxyl groups is 1. The molecule has 3 aromatic rings. The van der Waals surface area contributed by atoms with Crippen LogP contribution in [-0.4, -0.2) is 5.11 Å². The predicted octanol–water partition coefficient (Wildman–Crippen LogP) is 5.07. The molecular weight excluding hydrogens is 371 g/mol. The maximum Gasteiger partial charge on any atom is 0.219 e. The molecule has 0 fully saturated rings. The van der Waals surface area contributed by atoms with E-state index in [1.165, 1.54) is 0 Å². The molecule has 1 N–H and O–H groups in total. The van der Waals surface area contributed by atoms with Gasteiger partial charge >= 0.3 is 0 Å². The molecule has 0 aliphatic rings. The van der Waals surface area contributed by atoms with Crippen LogP contribution in [0.2, 0.25) is 0 Å². The highest BCUT2D eigenvalue weighted by Crippen LogP contribution is 2.45. The molecule has 0 atom stereocenters.